The van der Waals surface area contributed by atoms with Crippen molar-refractivity contribution in [1.82, 2.24) is 0 Å². The van der Waals surface area contributed by atoms with E-state index in [1.54, 1.807) is 12.1 Å². The van der Waals surface area contributed by atoms with Crippen molar-refractivity contribution in [2.75, 3.05) is 17.2 Å². The molecule has 4 nitrogen and oxygen atoms in total. The van der Waals surface area contributed by atoms with Crippen molar-refractivity contribution >= 4 is 17.4 Å². The summed E-state index contributed by atoms with van der Waals surface area (Å²) in [7, 11) is 0. The van der Waals surface area contributed by atoms with Crippen molar-refractivity contribution in [3.8, 4) is 11.8 Å². The number of para-hydroxylation sites is 1. The van der Waals surface area contributed by atoms with Gasteiger partial charge in [-0.3, -0.25) is 0 Å². The topological polar surface area (TPSA) is 61.4 Å². The fraction of sp³-hybridized carbons (Fsp3) is 0.118. The molecule has 106 valence electrons. The summed E-state index contributed by atoms with van der Waals surface area (Å²) in [4.78, 5) is 11.9. The zero-order chi connectivity index (χ0) is 15.1. The zero-order valence-corrected chi connectivity index (χ0v) is 11.7. The van der Waals surface area contributed by atoms with E-state index in [1.807, 2.05) is 43.3 Å². The number of benzene rings is 2. The highest BCUT2D eigenvalue weighted by atomic mass is 16.2. The van der Waals surface area contributed by atoms with Gasteiger partial charge in [0.05, 0.1) is 0 Å². The van der Waals surface area contributed by atoms with Crippen LogP contribution in [0.25, 0.3) is 0 Å². The van der Waals surface area contributed by atoms with Crippen LogP contribution in [0.1, 0.15) is 11.1 Å². The van der Waals surface area contributed by atoms with Gasteiger partial charge in [-0.1, -0.05) is 30.0 Å². The van der Waals surface area contributed by atoms with Gasteiger partial charge in [-0.25, -0.2) is 4.79 Å². The van der Waals surface area contributed by atoms with Gasteiger partial charge < -0.3 is 15.7 Å². The molecule has 2 amide bonds. The highest BCUT2D eigenvalue weighted by molar-refractivity contribution is 6.00. The molecule has 2 rings (SSSR count). The van der Waals surface area contributed by atoms with Gasteiger partial charge in [-0.2, -0.15) is 0 Å². The van der Waals surface area contributed by atoms with Gasteiger partial charge in [0.15, 0.2) is 0 Å². The molecule has 0 fully saturated rings. The van der Waals surface area contributed by atoms with E-state index in [9.17, 15) is 4.79 Å². The number of hydrogen-bond donors (Lipinski definition) is 3. The van der Waals surface area contributed by atoms with Gasteiger partial charge >= 0.3 is 6.03 Å². The number of aliphatic hydroxyl groups is 1. The molecular weight excluding hydrogens is 264 g/mol. The average Bonchev–Trinajstić information content (AvgIpc) is 2.48. The smallest absolute Gasteiger partial charge is 0.323 e. The fourth-order valence-electron chi connectivity index (χ4n) is 1.83. The van der Waals surface area contributed by atoms with Crippen LogP contribution in [0, 0.1) is 18.8 Å². The Morgan fingerprint density at radius 3 is 2.57 bits per heavy atom. The third-order valence-electron chi connectivity index (χ3n) is 2.82. The molecule has 0 saturated carbocycles. The number of aryl methyl sites for hydroxylation is 1. The molecule has 0 saturated heterocycles. The second-order valence-electron chi connectivity index (χ2n) is 4.43. The number of rotatable bonds is 2. The SMILES string of the molecule is Cc1cc(C#CCO)ccc1NC(=O)Nc1ccccc1. The first-order valence-electron chi connectivity index (χ1n) is 6.52. The molecule has 0 bridgehead atoms. The minimum Gasteiger partial charge on any atom is -0.384 e. The number of amides is 2. The normalized spacial score (nSPS) is 9.43. The molecule has 21 heavy (non-hydrogen) atoms. The molecule has 3 N–H and O–H groups in total. The van der Waals surface area contributed by atoms with Gasteiger partial charge in [0.1, 0.15) is 6.61 Å². The first kappa shape index (κ1) is 14.6. The summed E-state index contributed by atoms with van der Waals surface area (Å²) in [5.74, 6) is 5.42. The lowest BCUT2D eigenvalue weighted by molar-refractivity contribution is 0.262. The lowest BCUT2D eigenvalue weighted by Gasteiger charge is -2.10. The molecule has 0 heterocycles. The molecule has 2 aromatic carbocycles. The highest BCUT2D eigenvalue weighted by Gasteiger charge is 2.05. The van der Waals surface area contributed by atoms with E-state index in [-0.39, 0.29) is 12.6 Å². The summed E-state index contributed by atoms with van der Waals surface area (Å²) in [6.45, 7) is 1.72. The van der Waals surface area contributed by atoms with Crippen molar-refractivity contribution < 1.29 is 9.90 Å². The Morgan fingerprint density at radius 2 is 1.90 bits per heavy atom. The van der Waals surface area contributed by atoms with Crippen LogP contribution >= 0.6 is 0 Å². The Labute approximate surface area is 123 Å². The number of carbonyl (C=O) groups is 1. The van der Waals surface area contributed by atoms with Crippen LogP contribution in [0.2, 0.25) is 0 Å². The quantitative estimate of drug-likeness (QED) is 0.741. The number of carbonyl (C=O) groups excluding carboxylic acids is 1. The fourth-order valence-corrected chi connectivity index (χ4v) is 1.83. The van der Waals surface area contributed by atoms with Gasteiger partial charge in [0.25, 0.3) is 0 Å². The number of nitrogens with one attached hydrogen (secondary N) is 2. The molecule has 0 aromatic heterocycles. The van der Waals surface area contributed by atoms with Crippen molar-refractivity contribution in [3.05, 3.63) is 59.7 Å². The first-order chi connectivity index (χ1) is 10.2. The van der Waals surface area contributed by atoms with Crippen LogP contribution in [0.3, 0.4) is 0 Å². The van der Waals surface area contributed by atoms with E-state index >= 15 is 0 Å². The van der Waals surface area contributed by atoms with Crippen LogP contribution < -0.4 is 10.6 Å². The number of anilines is 2. The van der Waals surface area contributed by atoms with Crippen molar-refractivity contribution in [3.63, 3.8) is 0 Å². The second-order valence-corrected chi connectivity index (χ2v) is 4.43. The van der Waals surface area contributed by atoms with Gasteiger partial charge in [0, 0.05) is 16.9 Å². The highest BCUT2D eigenvalue weighted by Crippen LogP contribution is 2.16. The van der Waals surface area contributed by atoms with E-state index in [2.05, 4.69) is 22.5 Å². The zero-order valence-electron chi connectivity index (χ0n) is 11.7. The number of aliphatic hydroxyl groups excluding tert-OH is 1. The lowest BCUT2D eigenvalue weighted by atomic mass is 10.1. The predicted molar refractivity (Wildman–Crippen MR) is 84.2 cm³/mol. The molecule has 0 spiro atoms. The third kappa shape index (κ3) is 4.37. The summed E-state index contributed by atoms with van der Waals surface area (Å²) in [5.41, 5.74) is 3.16. The molecule has 0 unspecified atom stereocenters. The van der Waals surface area contributed by atoms with E-state index in [0.29, 0.717) is 0 Å². The second kappa shape index (κ2) is 7.13. The lowest BCUT2D eigenvalue weighted by Crippen LogP contribution is -2.19. The minimum absolute atomic E-state index is 0.168. The summed E-state index contributed by atoms with van der Waals surface area (Å²) in [6, 6.07) is 14.4. The number of hydrogen-bond acceptors (Lipinski definition) is 2. The Balaban J connectivity index is 2.04. The maximum atomic E-state index is 11.9. The molecule has 2 aromatic rings. The van der Waals surface area contributed by atoms with Crippen molar-refractivity contribution in [2.45, 2.75) is 6.92 Å². The minimum atomic E-state index is -0.293. The predicted octanol–water partition coefficient (Wildman–Crippen LogP) is 2.98. The Bertz CT molecular complexity index is 685. The Hall–Kier alpha value is -2.77. The Kier molecular flexibility index (Phi) is 4.97. The number of urea groups is 1. The van der Waals surface area contributed by atoms with Crippen molar-refractivity contribution in [2.24, 2.45) is 0 Å². The standard InChI is InChI=1S/C17H16N2O2/c1-13-12-14(6-5-11-20)9-10-16(13)19-17(21)18-15-7-3-2-4-8-15/h2-4,7-10,12,20H,11H2,1H3,(H2,18,19,21). The monoisotopic (exact) mass is 280 g/mol. The molecule has 0 radical (unpaired) electrons. The van der Waals surface area contributed by atoms with Crippen LogP contribution in [-0.2, 0) is 0 Å². The molecule has 0 aliphatic carbocycles. The maximum Gasteiger partial charge on any atom is 0.323 e. The summed E-state index contributed by atoms with van der Waals surface area (Å²) in [5, 5.41) is 14.2. The van der Waals surface area contributed by atoms with E-state index in [4.69, 9.17) is 5.11 Å². The maximum absolute atomic E-state index is 11.9. The van der Waals surface area contributed by atoms with Crippen LogP contribution in [0.4, 0.5) is 16.2 Å². The van der Waals surface area contributed by atoms with Crippen LogP contribution in [0.15, 0.2) is 48.5 Å². The van der Waals surface area contributed by atoms with E-state index in [0.717, 1.165) is 22.5 Å². The molecule has 0 aliphatic rings. The molecule has 0 atom stereocenters. The van der Waals surface area contributed by atoms with Crippen LogP contribution in [0.5, 0.6) is 0 Å². The summed E-state index contributed by atoms with van der Waals surface area (Å²) >= 11 is 0. The summed E-state index contributed by atoms with van der Waals surface area (Å²) < 4.78 is 0. The summed E-state index contributed by atoms with van der Waals surface area (Å²) in [6.07, 6.45) is 0. The van der Waals surface area contributed by atoms with Gasteiger partial charge in [0.2, 0.25) is 0 Å². The average molecular weight is 280 g/mol. The molecular formula is C17H16N2O2. The van der Waals surface area contributed by atoms with Gasteiger partial charge in [-0.15, -0.1) is 0 Å². The van der Waals surface area contributed by atoms with E-state index < -0.39 is 0 Å². The molecule has 0 aliphatic heterocycles. The largest absolute Gasteiger partial charge is 0.384 e. The van der Waals surface area contributed by atoms with Gasteiger partial charge in [-0.05, 0) is 42.8 Å². The third-order valence-corrected chi connectivity index (χ3v) is 2.82. The van der Waals surface area contributed by atoms with E-state index in [1.165, 1.54) is 0 Å². The van der Waals surface area contributed by atoms with Crippen molar-refractivity contribution in [1.29, 1.82) is 0 Å². The Morgan fingerprint density at radius 1 is 1.14 bits per heavy atom. The van der Waals surface area contributed by atoms with Crippen LogP contribution in [-0.4, -0.2) is 17.7 Å². The molecule has 4 heteroatoms. The first-order valence-corrected chi connectivity index (χ1v) is 6.52.